The molecule has 0 radical (unpaired) electrons. The van der Waals surface area contributed by atoms with Crippen molar-refractivity contribution in [2.45, 2.75) is 6.10 Å². The maximum absolute atomic E-state index is 11.3. The molecule has 1 aromatic heterocycles. The second kappa shape index (κ2) is 4.71. The quantitative estimate of drug-likeness (QED) is 0.521. The van der Waals surface area contributed by atoms with Crippen LogP contribution in [0, 0.1) is 0 Å². The minimum Gasteiger partial charge on any atom is -0.479 e. The van der Waals surface area contributed by atoms with Crippen molar-refractivity contribution in [2.75, 3.05) is 12.3 Å². The van der Waals surface area contributed by atoms with Crippen molar-refractivity contribution in [3.63, 3.8) is 0 Å². The monoisotopic (exact) mass is 231 g/mol. The Balaban J connectivity index is 2.47. The number of hydrogen-bond acceptors (Lipinski definition) is 6. The van der Waals surface area contributed by atoms with Crippen molar-refractivity contribution in [3.8, 4) is 0 Å². The van der Waals surface area contributed by atoms with Gasteiger partial charge < -0.3 is 21.3 Å². The van der Waals surface area contributed by atoms with Crippen LogP contribution in [-0.4, -0.2) is 39.7 Å². The number of aliphatic hydroxyl groups excluding tert-OH is 1. The number of carbonyl (C=O) groups is 2. The lowest BCUT2D eigenvalue weighted by Crippen LogP contribution is -2.36. The summed E-state index contributed by atoms with van der Waals surface area (Å²) in [7, 11) is 0. The standard InChI is InChI=1S/C7H9N3O4S/c8-7-10-3(2-15-7)5(12)9-1-4(11)6(13)14/h2,4,11H,1H2,(H2,8,10)(H,9,12)(H,13,14)/t4-/m0/s1. The van der Waals surface area contributed by atoms with Crippen LogP contribution in [0.15, 0.2) is 5.38 Å². The summed E-state index contributed by atoms with van der Waals surface area (Å²) >= 11 is 1.10. The van der Waals surface area contributed by atoms with Crippen molar-refractivity contribution in [2.24, 2.45) is 0 Å². The molecule has 1 rings (SSSR count). The van der Waals surface area contributed by atoms with Crippen LogP contribution in [0.25, 0.3) is 0 Å². The predicted octanol–water partition coefficient (Wildman–Crippen LogP) is -1.10. The van der Waals surface area contributed by atoms with E-state index in [0.717, 1.165) is 11.3 Å². The summed E-state index contributed by atoms with van der Waals surface area (Å²) in [5.74, 6) is -1.96. The average molecular weight is 231 g/mol. The Labute approximate surface area is 88.6 Å². The van der Waals surface area contributed by atoms with Gasteiger partial charge in [0.2, 0.25) is 0 Å². The molecule has 0 unspecified atom stereocenters. The van der Waals surface area contributed by atoms with Crippen LogP contribution in [0.4, 0.5) is 5.13 Å². The van der Waals surface area contributed by atoms with Crippen LogP contribution in [0.1, 0.15) is 10.5 Å². The topological polar surface area (TPSA) is 126 Å². The molecule has 0 aliphatic rings. The van der Waals surface area contributed by atoms with Crippen molar-refractivity contribution in [1.82, 2.24) is 10.3 Å². The van der Waals surface area contributed by atoms with E-state index in [0.29, 0.717) is 0 Å². The lowest BCUT2D eigenvalue weighted by molar-refractivity contribution is -0.146. The fourth-order valence-electron chi connectivity index (χ4n) is 0.759. The molecule has 0 aromatic carbocycles. The van der Waals surface area contributed by atoms with Gasteiger partial charge in [-0.15, -0.1) is 11.3 Å². The SMILES string of the molecule is Nc1nc(C(=O)NC[C@H](O)C(=O)O)cs1. The van der Waals surface area contributed by atoms with E-state index in [9.17, 15) is 9.59 Å². The molecular weight excluding hydrogens is 222 g/mol. The lowest BCUT2D eigenvalue weighted by atomic mass is 10.3. The number of amides is 1. The van der Waals surface area contributed by atoms with E-state index in [4.69, 9.17) is 15.9 Å². The van der Waals surface area contributed by atoms with Gasteiger partial charge in [-0.25, -0.2) is 9.78 Å². The molecule has 0 spiro atoms. The Morgan fingerprint density at radius 3 is 2.80 bits per heavy atom. The number of anilines is 1. The van der Waals surface area contributed by atoms with E-state index in [2.05, 4.69) is 10.3 Å². The molecule has 1 heterocycles. The number of nitrogens with zero attached hydrogens (tertiary/aromatic N) is 1. The average Bonchev–Trinajstić information content (AvgIpc) is 2.60. The van der Waals surface area contributed by atoms with Gasteiger partial charge in [0.1, 0.15) is 5.69 Å². The molecule has 1 atom stereocenters. The number of carboxylic acids is 1. The highest BCUT2D eigenvalue weighted by Crippen LogP contribution is 2.10. The molecular formula is C7H9N3O4S. The van der Waals surface area contributed by atoms with E-state index >= 15 is 0 Å². The van der Waals surface area contributed by atoms with Gasteiger partial charge in [0, 0.05) is 5.38 Å². The normalized spacial score (nSPS) is 12.1. The number of aliphatic hydroxyl groups is 1. The first kappa shape index (κ1) is 11.4. The number of thiazole rings is 1. The number of carbonyl (C=O) groups excluding carboxylic acids is 1. The van der Waals surface area contributed by atoms with Gasteiger partial charge in [0.15, 0.2) is 11.2 Å². The van der Waals surface area contributed by atoms with E-state index in [1.165, 1.54) is 5.38 Å². The Kier molecular flexibility index (Phi) is 3.58. The van der Waals surface area contributed by atoms with Crippen LogP contribution < -0.4 is 11.1 Å². The lowest BCUT2D eigenvalue weighted by Gasteiger charge is -2.05. The molecule has 0 aliphatic heterocycles. The molecule has 15 heavy (non-hydrogen) atoms. The molecule has 0 bridgehead atoms. The Morgan fingerprint density at radius 2 is 2.33 bits per heavy atom. The van der Waals surface area contributed by atoms with E-state index in [1.807, 2.05) is 0 Å². The summed E-state index contributed by atoms with van der Waals surface area (Å²) in [5, 5.41) is 21.1. The molecule has 7 nitrogen and oxygen atoms in total. The second-order valence-electron chi connectivity index (χ2n) is 2.64. The molecule has 82 valence electrons. The molecule has 0 fully saturated rings. The zero-order valence-electron chi connectivity index (χ0n) is 7.51. The second-order valence-corrected chi connectivity index (χ2v) is 3.52. The Morgan fingerprint density at radius 1 is 1.67 bits per heavy atom. The molecule has 0 saturated carbocycles. The van der Waals surface area contributed by atoms with Crippen molar-refractivity contribution >= 4 is 28.3 Å². The summed E-state index contributed by atoms with van der Waals surface area (Å²) < 4.78 is 0. The highest BCUT2D eigenvalue weighted by molar-refractivity contribution is 7.13. The third-order valence-electron chi connectivity index (χ3n) is 1.50. The van der Waals surface area contributed by atoms with Gasteiger partial charge in [0.25, 0.3) is 5.91 Å². The zero-order valence-corrected chi connectivity index (χ0v) is 8.32. The Bertz CT molecular complexity index is 378. The highest BCUT2D eigenvalue weighted by atomic mass is 32.1. The molecule has 1 aromatic rings. The van der Waals surface area contributed by atoms with Crippen molar-refractivity contribution < 1.29 is 19.8 Å². The minimum atomic E-state index is -1.62. The first-order valence-electron chi connectivity index (χ1n) is 3.90. The van der Waals surface area contributed by atoms with Crippen LogP contribution in [0.5, 0.6) is 0 Å². The van der Waals surface area contributed by atoms with E-state index in [1.54, 1.807) is 0 Å². The van der Waals surface area contributed by atoms with Crippen LogP contribution in [0.2, 0.25) is 0 Å². The summed E-state index contributed by atoms with van der Waals surface area (Å²) in [6.45, 7) is -0.369. The smallest absolute Gasteiger partial charge is 0.334 e. The highest BCUT2D eigenvalue weighted by Gasteiger charge is 2.16. The summed E-state index contributed by atoms with van der Waals surface area (Å²) in [6, 6.07) is 0. The first-order chi connectivity index (χ1) is 7.00. The maximum Gasteiger partial charge on any atom is 0.334 e. The molecule has 0 aliphatic carbocycles. The summed E-state index contributed by atoms with van der Waals surface area (Å²) in [6.07, 6.45) is -1.62. The molecule has 0 saturated heterocycles. The molecule has 8 heteroatoms. The number of rotatable bonds is 4. The van der Waals surface area contributed by atoms with Gasteiger partial charge in [-0.1, -0.05) is 0 Å². The summed E-state index contributed by atoms with van der Waals surface area (Å²) in [5.41, 5.74) is 5.41. The minimum absolute atomic E-state index is 0.107. The number of nitrogens with two attached hydrogens (primary N) is 1. The van der Waals surface area contributed by atoms with Gasteiger partial charge in [-0.2, -0.15) is 0 Å². The number of aliphatic carboxylic acids is 1. The van der Waals surface area contributed by atoms with Crippen LogP contribution in [-0.2, 0) is 4.79 Å². The fourth-order valence-corrected chi connectivity index (χ4v) is 1.30. The van der Waals surface area contributed by atoms with Gasteiger partial charge in [-0.05, 0) is 0 Å². The third-order valence-corrected chi connectivity index (χ3v) is 2.17. The number of carboxylic acid groups (broad SMARTS) is 1. The molecule has 5 N–H and O–H groups in total. The number of aromatic nitrogens is 1. The van der Waals surface area contributed by atoms with Gasteiger partial charge in [0.05, 0.1) is 6.54 Å². The van der Waals surface area contributed by atoms with Gasteiger partial charge in [-0.3, -0.25) is 4.79 Å². The summed E-state index contributed by atoms with van der Waals surface area (Å²) in [4.78, 5) is 25.2. The largest absolute Gasteiger partial charge is 0.479 e. The van der Waals surface area contributed by atoms with Crippen molar-refractivity contribution in [1.29, 1.82) is 0 Å². The van der Waals surface area contributed by atoms with E-state index < -0.39 is 18.0 Å². The number of hydrogen-bond donors (Lipinski definition) is 4. The third kappa shape index (κ3) is 3.18. The predicted molar refractivity (Wildman–Crippen MR) is 52.5 cm³/mol. The molecule has 1 amide bonds. The number of nitrogen functional groups attached to an aromatic ring is 1. The van der Waals surface area contributed by atoms with Crippen LogP contribution >= 0.6 is 11.3 Å². The number of nitrogens with one attached hydrogen (secondary N) is 1. The Hall–Kier alpha value is -1.67. The fraction of sp³-hybridized carbons (Fsp3) is 0.286. The van der Waals surface area contributed by atoms with Gasteiger partial charge >= 0.3 is 5.97 Å². The van der Waals surface area contributed by atoms with Crippen LogP contribution in [0.3, 0.4) is 0 Å². The van der Waals surface area contributed by atoms with E-state index in [-0.39, 0.29) is 17.4 Å². The zero-order chi connectivity index (χ0) is 11.4. The maximum atomic E-state index is 11.3. The first-order valence-corrected chi connectivity index (χ1v) is 4.78. The van der Waals surface area contributed by atoms with Crippen molar-refractivity contribution in [3.05, 3.63) is 11.1 Å².